The zero-order valence-corrected chi connectivity index (χ0v) is 13.3. The second-order valence-electron chi connectivity index (χ2n) is 5.43. The van der Waals surface area contributed by atoms with Crippen LogP contribution in [0.25, 0.3) is 11.1 Å². The molecule has 1 unspecified atom stereocenters. The zero-order valence-electron chi connectivity index (χ0n) is 13.3. The molecule has 0 aliphatic carbocycles. The number of aryl methyl sites for hydroxylation is 2. The standard InChI is InChI=1S/C17H24FN3/c1-5-9-19-12(3)13-7-8-16(18)14(10-13)15-11-21(4)20-17(15)6-2/h7-8,10-12,19H,5-6,9H2,1-4H3. The second kappa shape index (κ2) is 6.85. The van der Waals surface area contributed by atoms with Gasteiger partial charge in [0, 0.05) is 30.4 Å². The van der Waals surface area contributed by atoms with Crippen molar-refractivity contribution in [3.63, 3.8) is 0 Å². The number of hydrogen-bond donors (Lipinski definition) is 1. The lowest BCUT2D eigenvalue weighted by Crippen LogP contribution is -2.19. The predicted molar refractivity (Wildman–Crippen MR) is 84.7 cm³/mol. The van der Waals surface area contributed by atoms with Crippen molar-refractivity contribution in [1.29, 1.82) is 0 Å². The lowest BCUT2D eigenvalue weighted by molar-refractivity contribution is 0.568. The largest absolute Gasteiger partial charge is 0.310 e. The molecule has 2 aromatic rings. The van der Waals surface area contributed by atoms with Crippen LogP contribution >= 0.6 is 0 Å². The number of hydrogen-bond acceptors (Lipinski definition) is 2. The molecular formula is C17H24FN3. The van der Waals surface area contributed by atoms with Gasteiger partial charge in [-0.05, 0) is 44.0 Å². The van der Waals surface area contributed by atoms with Crippen LogP contribution in [0.4, 0.5) is 4.39 Å². The van der Waals surface area contributed by atoms with E-state index in [4.69, 9.17) is 0 Å². The third-order valence-corrected chi connectivity index (χ3v) is 3.72. The fraction of sp³-hybridized carbons (Fsp3) is 0.471. The Kier molecular flexibility index (Phi) is 5.12. The first-order valence-corrected chi connectivity index (χ1v) is 7.62. The van der Waals surface area contributed by atoms with E-state index in [1.165, 1.54) is 0 Å². The summed E-state index contributed by atoms with van der Waals surface area (Å²) in [5, 5.41) is 7.84. The minimum atomic E-state index is -0.191. The Bertz CT molecular complexity index is 604. The van der Waals surface area contributed by atoms with Gasteiger partial charge in [0.05, 0.1) is 5.69 Å². The van der Waals surface area contributed by atoms with Gasteiger partial charge >= 0.3 is 0 Å². The highest BCUT2D eigenvalue weighted by Crippen LogP contribution is 2.29. The highest BCUT2D eigenvalue weighted by molar-refractivity contribution is 5.67. The monoisotopic (exact) mass is 289 g/mol. The summed E-state index contributed by atoms with van der Waals surface area (Å²) in [4.78, 5) is 0. The van der Waals surface area contributed by atoms with E-state index in [0.29, 0.717) is 5.56 Å². The van der Waals surface area contributed by atoms with Crippen LogP contribution in [0.3, 0.4) is 0 Å². The number of benzene rings is 1. The zero-order chi connectivity index (χ0) is 15.4. The molecule has 0 saturated carbocycles. The molecule has 0 aliphatic heterocycles. The van der Waals surface area contributed by atoms with Crippen molar-refractivity contribution in [2.45, 2.75) is 39.7 Å². The Labute approximate surface area is 126 Å². The molecule has 1 aromatic carbocycles. The molecule has 4 heteroatoms. The number of nitrogens with zero attached hydrogens (tertiary/aromatic N) is 2. The second-order valence-corrected chi connectivity index (χ2v) is 5.43. The Balaban J connectivity index is 2.39. The molecule has 0 bridgehead atoms. The van der Waals surface area contributed by atoms with E-state index in [-0.39, 0.29) is 11.9 Å². The first-order chi connectivity index (χ1) is 10.1. The molecule has 21 heavy (non-hydrogen) atoms. The maximum Gasteiger partial charge on any atom is 0.131 e. The molecule has 3 nitrogen and oxygen atoms in total. The molecule has 1 N–H and O–H groups in total. The predicted octanol–water partition coefficient (Wildman–Crippen LogP) is 3.85. The van der Waals surface area contributed by atoms with Crippen molar-refractivity contribution in [2.24, 2.45) is 7.05 Å². The van der Waals surface area contributed by atoms with Gasteiger partial charge in [0.25, 0.3) is 0 Å². The molecule has 0 saturated heterocycles. The average Bonchev–Trinajstić information content (AvgIpc) is 2.86. The first kappa shape index (κ1) is 15.7. The van der Waals surface area contributed by atoms with Gasteiger partial charge < -0.3 is 5.32 Å². The van der Waals surface area contributed by atoms with Gasteiger partial charge in [0.2, 0.25) is 0 Å². The van der Waals surface area contributed by atoms with E-state index < -0.39 is 0 Å². The third-order valence-electron chi connectivity index (χ3n) is 3.72. The van der Waals surface area contributed by atoms with Gasteiger partial charge in [-0.1, -0.05) is 19.9 Å². The average molecular weight is 289 g/mol. The molecule has 2 rings (SSSR count). The molecule has 0 radical (unpaired) electrons. The van der Waals surface area contributed by atoms with Gasteiger partial charge in [-0.3, -0.25) is 4.68 Å². The molecule has 1 heterocycles. The van der Waals surface area contributed by atoms with E-state index in [1.54, 1.807) is 10.7 Å². The highest BCUT2D eigenvalue weighted by Gasteiger charge is 2.15. The van der Waals surface area contributed by atoms with Crippen LogP contribution in [-0.4, -0.2) is 16.3 Å². The summed E-state index contributed by atoms with van der Waals surface area (Å²) in [7, 11) is 1.87. The van der Waals surface area contributed by atoms with Crippen LogP contribution in [0, 0.1) is 5.82 Å². The molecule has 1 aromatic heterocycles. The van der Waals surface area contributed by atoms with Crippen molar-refractivity contribution < 1.29 is 4.39 Å². The maximum absolute atomic E-state index is 14.2. The summed E-state index contributed by atoms with van der Waals surface area (Å²) in [6.45, 7) is 7.25. The number of nitrogens with one attached hydrogen (secondary N) is 1. The summed E-state index contributed by atoms with van der Waals surface area (Å²) < 4.78 is 16.0. The SMILES string of the molecule is CCCNC(C)c1ccc(F)c(-c2cn(C)nc2CC)c1. The fourth-order valence-corrected chi connectivity index (χ4v) is 2.52. The van der Waals surface area contributed by atoms with Crippen molar-refractivity contribution in [3.8, 4) is 11.1 Å². The smallest absolute Gasteiger partial charge is 0.131 e. The Hall–Kier alpha value is -1.68. The van der Waals surface area contributed by atoms with Crippen LogP contribution < -0.4 is 5.32 Å². The molecular weight excluding hydrogens is 265 g/mol. The Morgan fingerprint density at radius 3 is 2.71 bits per heavy atom. The third kappa shape index (κ3) is 3.50. The first-order valence-electron chi connectivity index (χ1n) is 7.62. The summed E-state index contributed by atoms with van der Waals surface area (Å²) in [5.41, 5.74) is 3.57. The van der Waals surface area contributed by atoms with Crippen molar-refractivity contribution in [1.82, 2.24) is 15.1 Å². The van der Waals surface area contributed by atoms with Gasteiger partial charge in [0.1, 0.15) is 5.82 Å². The highest BCUT2D eigenvalue weighted by atomic mass is 19.1. The summed E-state index contributed by atoms with van der Waals surface area (Å²) in [5.74, 6) is -0.191. The topological polar surface area (TPSA) is 29.9 Å². The van der Waals surface area contributed by atoms with E-state index in [9.17, 15) is 4.39 Å². The van der Waals surface area contributed by atoms with Crippen LogP contribution in [-0.2, 0) is 13.5 Å². The number of halogens is 1. The van der Waals surface area contributed by atoms with Crippen LogP contribution in [0.15, 0.2) is 24.4 Å². The van der Waals surface area contributed by atoms with Gasteiger partial charge in [-0.15, -0.1) is 0 Å². The van der Waals surface area contributed by atoms with E-state index in [1.807, 2.05) is 32.3 Å². The quantitative estimate of drug-likeness (QED) is 0.875. The molecule has 1 atom stereocenters. The molecule has 0 fully saturated rings. The van der Waals surface area contributed by atoms with Gasteiger partial charge in [0.15, 0.2) is 0 Å². The van der Waals surface area contributed by atoms with Gasteiger partial charge in [-0.25, -0.2) is 4.39 Å². The summed E-state index contributed by atoms with van der Waals surface area (Å²) >= 11 is 0. The number of aromatic nitrogens is 2. The van der Waals surface area contributed by atoms with Crippen LogP contribution in [0.1, 0.15) is 44.5 Å². The Morgan fingerprint density at radius 1 is 1.29 bits per heavy atom. The number of rotatable bonds is 6. The summed E-state index contributed by atoms with van der Waals surface area (Å²) in [6, 6.07) is 5.57. The van der Waals surface area contributed by atoms with Crippen LogP contribution in [0.2, 0.25) is 0 Å². The van der Waals surface area contributed by atoms with Crippen molar-refractivity contribution in [2.75, 3.05) is 6.54 Å². The molecule has 114 valence electrons. The lowest BCUT2D eigenvalue weighted by Gasteiger charge is -2.15. The normalized spacial score (nSPS) is 12.6. The van der Waals surface area contributed by atoms with Crippen LogP contribution in [0.5, 0.6) is 0 Å². The molecule has 0 amide bonds. The molecule has 0 aliphatic rings. The molecule has 0 spiro atoms. The van der Waals surface area contributed by atoms with Gasteiger partial charge in [-0.2, -0.15) is 5.10 Å². The summed E-state index contributed by atoms with van der Waals surface area (Å²) in [6.07, 6.45) is 3.77. The van der Waals surface area contributed by atoms with E-state index in [0.717, 1.165) is 36.2 Å². The van der Waals surface area contributed by atoms with Crippen molar-refractivity contribution >= 4 is 0 Å². The minimum Gasteiger partial charge on any atom is -0.310 e. The van der Waals surface area contributed by atoms with E-state index in [2.05, 4.69) is 24.3 Å². The maximum atomic E-state index is 14.2. The van der Waals surface area contributed by atoms with E-state index >= 15 is 0 Å². The lowest BCUT2D eigenvalue weighted by atomic mass is 9.99. The Morgan fingerprint density at radius 2 is 2.05 bits per heavy atom. The minimum absolute atomic E-state index is 0.191. The van der Waals surface area contributed by atoms with Crippen molar-refractivity contribution in [3.05, 3.63) is 41.5 Å². The fourth-order valence-electron chi connectivity index (χ4n) is 2.52.